The number of hydrogen-bond donors (Lipinski definition) is 0. The van der Waals surface area contributed by atoms with Crippen LogP contribution in [0.4, 0.5) is 13.2 Å². The van der Waals surface area contributed by atoms with Gasteiger partial charge in [-0.1, -0.05) is 15.9 Å². The molecule has 0 radical (unpaired) electrons. The van der Waals surface area contributed by atoms with Gasteiger partial charge in [0.25, 0.3) is 0 Å². The first-order valence-electron chi connectivity index (χ1n) is 7.10. The fourth-order valence-electron chi connectivity index (χ4n) is 2.56. The van der Waals surface area contributed by atoms with Crippen LogP contribution in [-0.2, 0) is 0 Å². The molecule has 21 heavy (non-hydrogen) atoms. The topological polar surface area (TPSA) is 12.5 Å². The highest BCUT2D eigenvalue weighted by atomic mass is 79.9. The molecule has 6 heteroatoms. The van der Waals surface area contributed by atoms with Crippen LogP contribution in [0, 0.1) is 5.92 Å². The van der Waals surface area contributed by atoms with Gasteiger partial charge in [-0.15, -0.1) is 0 Å². The maximum Gasteiger partial charge on any atom is 0.401 e. The molecule has 118 valence electrons. The fourth-order valence-corrected chi connectivity index (χ4v) is 2.83. The summed E-state index contributed by atoms with van der Waals surface area (Å²) in [5.74, 6) is 1.29. The molecule has 0 aromatic heterocycles. The van der Waals surface area contributed by atoms with Crippen molar-refractivity contribution in [2.24, 2.45) is 5.92 Å². The van der Waals surface area contributed by atoms with Crippen molar-refractivity contribution < 1.29 is 17.9 Å². The Morgan fingerprint density at radius 1 is 1.14 bits per heavy atom. The molecule has 1 aliphatic heterocycles. The summed E-state index contributed by atoms with van der Waals surface area (Å²) in [7, 11) is 0. The largest absolute Gasteiger partial charge is 0.494 e. The van der Waals surface area contributed by atoms with Crippen LogP contribution in [0.3, 0.4) is 0 Å². The highest BCUT2D eigenvalue weighted by molar-refractivity contribution is 9.10. The summed E-state index contributed by atoms with van der Waals surface area (Å²) in [6.07, 6.45) is -1.55. The van der Waals surface area contributed by atoms with Crippen LogP contribution >= 0.6 is 15.9 Å². The molecular weight excluding hydrogens is 347 g/mol. The van der Waals surface area contributed by atoms with Crippen molar-refractivity contribution in [3.8, 4) is 5.75 Å². The van der Waals surface area contributed by atoms with E-state index in [1.54, 1.807) is 0 Å². The van der Waals surface area contributed by atoms with Crippen LogP contribution in [0.25, 0.3) is 0 Å². The van der Waals surface area contributed by atoms with Crippen molar-refractivity contribution in [1.29, 1.82) is 0 Å². The zero-order valence-electron chi connectivity index (χ0n) is 11.7. The van der Waals surface area contributed by atoms with Gasteiger partial charge in [-0.3, -0.25) is 4.90 Å². The van der Waals surface area contributed by atoms with E-state index in [1.165, 1.54) is 4.90 Å². The molecule has 0 spiro atoms. The highest BCUT2D eigenvalue weighted by Crippen LogP contribution is 2.24. The van der Waals surface area contributed by atoms with Crippen LogP contribution in [0.5, 0.6) is 5.75 Å². The molecule has 1 aromatic rings. The van der Waals surface area contributed by atoms with Gasteiger partial charge in [-0.2, -0.15) is 13.2 Å². The number of piperidine rings is 1. The zero-order chi connectivity index (χ0) is 15.3. The van der Waals surface area contributed by atoms with Crippen LogP contribution in [0.15, 0.2) is 28.7 Å². The minimum absolute atomic E-state index is 0.463. The van der Waals surface area contributed by atoms with Crippen LogP contribution in [-0.4, -0.2) is 37.3 Å². The minimum Gasteiger partial charge on any atom is -0.494 e. The van der Waals surface area contributed by atoms with E-state index in [2.05, 4.69) is 15.9 Å². The lowest BCUT2D eigenvalue weighted by Crippen LogP contribution is -2.40. The number of alkyl halides is 3. The number of likely N-dealkylation sites (tertiary alicyclic amines) is 1. The smallest absolute Gasteiger partial charge is 0.401 e. The SMILES string of the molecule is FC(F)(F)CN1CCC(CCOc2ccc(Br)cc2)CC1. The summed E-state index contributed by atoms with van der Waals surface area (Å²) >= 11 is 3.36. The molecule has 2 nitrogen and oxygen atoms in total. The molecule has 1 fully saturated rings. The van der Waals surface area contributed by atoms with Crippen molar-refractivity contribution in [2.45, 2.75) is 25.4 Å². The van der Waals surface area contributed by atoms with Crippen LogP contribution < -0.4 is 4.74 Å². The van der Waals surface area contributed by atoms with Gasteiger partial charge in [0.1, 0.15) is 5.75 Å². The van der Waals surface area contributed by atoms with E-state index < -0.39 is 12.7 Å². The summed E-state index contributed by atoms with van der Waals surface area (Å²) in [6.45, 7) is 0.894. The van der Waals surface area contributed by atoms with Crippen molar-refractivity contribution >= 4 is 15.9 Å². The average Bonchev–Trinajstić information content (AvgIpc) is 2.41. The molecule has 0 bridgehead atoms. The Labute approximate surface area is 131 Å². The molecular formula is C15H19BrF3NO. The standard InChI is InChI=1S/C15H19BrF3NO/c16-13-1-3-14(4-2-13)21-10-7-12-5-8-20(9-6-12)11-15(17,18)19/h1-4,12H,5-11H2. The Morgan fingerprint density at radius 2 is 1.76 bits per heavy atom. The summed E-state index contributed by atoms with van der Waals surface area (Å²) in [5.41, 5.74) is 0. The zero-order valence-corrected chi connectivity index (χ0v) is 13.3. The number of benzene rings is 1. The first kappa shape index (κ1) is 16.6. The van der Waals surface area contributed by atoms with Gasteiger partial charge < -0.3 is 4.74 Å². The first-order chi connectivity index (χ1) is 9.92. The quantitative estimate of drug-likeness (QED) is 0.761. The highest BCUT2D eigenvalue weighted by Gasteiger charge is 2.32. The normalized spacial score (nSPS) is 17.9. The van der Waals surface area contributed by atoms with Crippen molar-refractivity contribution in [3.05, 3.63) is 28.7 Å². The number of halogens is 4. The van der Waals surface area contributed by atoms with Gasteiger partial charge in [-0.05, 0) is 62.5 Å². The third-order valence-electron chi connectivity index (χ3n) is 3.72. The molecule has 0 saturated carbocycles. The lowest BCUT2D eigenvalue weighted by Gasteiger charge is -2.32. The third-order valence-corrected chi connectivity index (χ3v) is 4.25. The lowest BCUT2D eigenvalue weighted by atomic mass is 9.94. The Bertz CT molecular complexity index is 428. The van der Waals surface area contributed by atoms with Crippen molar-refractivity contribution in [3.63, 3.8) is 0 Å². The van der Waals surface area contributed by atoms with Gasteiger partial charge in [0.15, 0.2) is 0 Å². The molecule has 0 aliphatic carbocycles. The maximum absolute atomic E-state index is 12.3. The maximum atomic E-state index is 12.3. The number of hydrogen-bond acceptors (Lipinski definition) is 2. The molecule has 0 N–H and O–H groups in total. The summed E-state index contributed by atoms with van der Waals surface area (Å²) < 4.78 is 43.5. The predicted octanol–water partition coefficient (Wildman–Crippen LogP) is 4.49. The van der Waals surface area contributed by atoms with Gasteiger partial charge in [0.05, 0.1) is 13.2 Å². The minimum atomic E-state index is -4.09. The third kappa shape index (κ3) is 6.26. The number of ether oxygens (including phenoxy) is 1. The van der Waals surface area contributed by atoms with Crippen molar-refractivity contribution in [2.75, 3.05) is 26.2 Å². The van der Waals surface area contributed by atoms with E-state index in [1.807, 2.05) is 24.3 Å². The average molecular weight is 366 g/mol. The van der Waals surface area contributed by atoms with Crippen LogP contribution in [0.2, 0.25) is 0 Å². The summed E-state index contributed by atoms with van der Waals surface area (Å²) in [6, 6.07) is 7.64. The second-order valence-corrected chi connectivity index (χ2v) is 6.34. The number of nitrogens with zero attached hydrogens (tertiary/aromatic N) is 1. The Balaban J connectivity index is 1.64. The van der Waals surface area contributed by atoms with Gasteiger partial charge >= 0.3 is 6.18 Å². The molecule has 1 heterocycles. The van der Waals surface area contributed by atoms with Gasteiger partial charge in [0.2, 0.25) is 0 Å². The summed E-state index contributed by atoms with van der Waals surface area (Å²) in [4.78, 5) is 1.49. The van der Waals surface area contributed by atoms with E-state index >= 15 is 0 Å². The first-order valence-corrected chi connectivity index (χ1v) is 7.89. The second kappa shape index (κ2) is 7.49. The molecule has 2 rings (SSSR count). The molecule has 1 aliphatic rings. The van der Waals surface area contributed by atoms with Gasteiger partial charge in [-0.25, -0.2) is 0 Å². The predicted molar refractivity (Wildman–Crippen MR) is 79.5 cm³/mol. The second-order valence-electron chi connectivity index (χ2n) is 5.43. The number of rotatable bonds is 5. The Morgan fingerprint density at radius 3 is 2.33 bits per heavy atom. The monoisotopic (exact) mass is 365 g/mol. The van der Waals surface area contributed by atoms with E-state index in [0.717, 1.165) is 29.5 Å². The molecule has 1 saturated heterocycles. The van der Waals surface area contributed by atoms with Gasteiger partial charge in [0, 0.05) is 4.47 Å². The Kier molecular flexibility index (Phi) is 5.93. The molecule has 0 atom stereocenters. The Hall–Kier alpha value is -0.750. The molecule has 0 unspecified atom stereocenters. The van der Waals surface area contributed by atoms with Crippen molar-refractivity contribution in [1.82, 2.24) is 4.90 Å². The van der Waals surface area contributed by atoms with E-state index in [9.17, 15) is 13.2 Å². The van der Waals surface area contributed by atoms with E-state index in [4.69, 9.17) is 4.74 Å². The molecule has 1 aromatic carbocycles. The van der Waals surface area contributed by atoms with Crippen LogP contribution in [0.1, 0.15) is 19.3 Å². The molecule has 0 amide bonds. The fraction of sp³-hybridized carbons (Fsp3) is 0.600. The van der Waals surface area contributed by atoms with E-state index in [0.29, 0.717) is 25.6 Å². The lowest BCUT2D eigenvalue weighted by molar-refractivity contribution is -0.148. The van der Waals surface area contributed by atoms with E-state index in [-0.39, 0.29) is 0 Å². The summed E-state index contributed by atoms with van der Waals surface area (Å²) in [5, 5.41) is 0.